The van der Waals surface area contributed by atoms with Crippen molar-refractivity contribution in [1.82, 2.24) is 15.3 Å². The third-order valence-corrected chi connectivity index (χ3v) is 4.45. The summed E-state index contributed by atoms with van der Waals surface area (Å²) >= 11 is 0. The minimum atomic E-state index is -0.841. The summed E-state index contributed by atoms with van der Waals surface area (Å²) in [5.74, 6) is -0.383. The number of cyclic esters (lactones) is 1. The fourth-order valence-electron chi connectivity index (χ4n) is 3.30. The van der Waals surface area contributed by atoms with Gasteiger partial charge in [0.15, 0.2) is 0 Å². The van der Waals surface area contributed by atoms with Crippen molar-refractivity contribution in [1.29, 1.82) is 0 Å². The fourth-order valence-corrected chi connectivity index (χ4v) is 3.30. The number of carbonyl (C=O) groups is 2. The largest absolute Gasteiger partial charge is 0.450 e. The Morgan fingerprint density at radius 3 is 2.73 bits per heavy atom. The number of rotatable bonds is 3. The number of esters is 1. The van der Waals surface area contributed by atoms with E-state index in [1.807, 2.05) is 12.1 Å². The van der Waals surface area contributed by atoms with E-state index in [9.17, 15) is 9.59 Å². The van der Waals surface area contributed by atoms with Gasteiger partial charge in [0, 0.05) is 24.7 Å². The van der Waals surface area contributed by atoms with E-state index in [4.69, 9.17) is 9.47 Å². The van der Waals surface area contributed by atoms with Crippen molar-refractivity contribution < 1.29 is 19.1 Å². The van der Waals surface area contributed by atoms with Crippen molar-refractivity contribution in [3.63, 3.8) is 0 Å². The van der Waals surface area contributed by atoms with E-state index < -0.39 is 11.6 Å². The summed E-state index contributed by atoms with van der Waals surface area (Å²) in [5, 5.41) is 2.80. The molecule has 3 heterocycles. The van der Waals surface area contributed by atoms with Gasteiger partial charge in [-0.25, -0.2) is 14.8 Å². The number of hydrogen-bond donors (Lipinski definition) is 1. The highest BCUT2D eigenvalue weighted by atomic mass is 16.6. The molecule has 132 valence electrons. The molecule has 0 saturated carbocycles. The van der Waals surface area contributed by atoms with E-state index in [2.05, 4.69) is 15.3 Å². The second-order valence-corrected chi connectivity index (χ2v) is 6.70. The van der Waals surface area contributed by atoms with Crippen LogP contribution in [-0.2, 0) is 14.3 Å². The average Bonchev–Trinajstić information content (AvgIpc) is 2.84. The van der Waals surface area contributed by atoms with E-state index >= 15 is 0 Å². The lowest BCUT2D eigenvalue weighted by Crippen LogP contribution is -2.38. The summed E-state index contributed by atoms with van der Waals surface area (Å²) in [6.07, 6.45) is 3.35. The first-order valence-electron chi connectivity index (χ1n) is 8.27. The lowest BCUT2D eigenvalue weighted by atomic mass is 9.83. The van der Waals surface area contributed by atoms with Crippen molar-refractivity contribution in [2.24, 2.45) is 0 Å². The molecule has 0 aliphatic carbocycles. The van der Waals surface area contributed by atoms with E-state index in [0.717, 1.165) is 5.56 Å². The number of nitrogens with zero attached hydrogens (tertiary/aromatic N) is 2. The molecule has 0 saturated heterocycles. The number of carbonyl (C=O) groups excluding carboxylic acids is 2. The van der Waals surface area contributed by atoms with Gasteiger partial charge in [-0.2, -0.15) is 0 Å². The van der Waals surface area contributed by atoms with Crippen LogP contribution >= 0.6 is 0 Å². The molecular formula is C19H17N3O4. The molecule has 0 fully saturated rings. The Bertz CT molecular complexity index is 921. The van der Waals surface area contributed by atoms with Crippen LogP contribution in [-0.4, -0.2) is 27.4 Å². The molecule has 2 aromatic rings. The van der Waals surface area contributed by atoms with Gasteiger partial charge in [0.25, 0.3) is 0 Å². The highest BCUT2D eigenvalue weighted by Crippen LogP contribution is 2.43. The molecule has 1 aromatic carbocycles. The summed E-state index contributed by atoms with van der Waals surface area (Å²) in [4.78, 5) is 32.7. The van der Waals surface area contributed by atoms with Crippen LogP contribution in [0.4, 0.5) is 0 Å². The summed E-state index contributed by atoms with van der Waals surface area (Å²) in [6.45, 7) is 3.53. The lowest BCUT2D eigenvalue weighted by molar-refractivity contribution is -0.144. The fraction of sp³-hybridized carbons (Fsp3) is 0.263. The minimum absolute atomic E-state index is 0.141. The first-order valence-corrected chi connectivity index (χ1v) is 8.27. The van der Waals surface area contributed by atoms with Gasteiger partial charge in [-0.15, -0.1) is 0 Å². The second kappa shape index (κ2) is 5.94. The number of aromatic nitrogens is 2. The third kappa shape index (κ3) is 2.81. The molecule has 0 radical (unpaired) electrons. The zero-order valence-corrected chi connectivity index (χ0v) is 14.4. The van der Waals surface area contributed by atoms with Crippen molar-refractivity contribution in [2.45, 2.75) is 31.8 Å². The molecule has 1 atom stereocenters. The Hall–Kier alpha value is -3.22. The van der Waals surface area contributed by atoms with Gasteiger partial charge in [-0.05, 0) is 37.6 Å². The van der Waals surface area contributed by atoms with Gasteiger partial charge in [-0.3, -0.25) is 4.79 Å². The molecule has 0 spiro atoms. The molecule has 26 heavy (non-hydrogen) atoms. The molecule has 4 rings (SSSR count). The van der Waals surface area contributed by atoms with Gasteiger partial charge < -0.3 is 14.8 Å². The summed E-state index contributed by atoms with van der Waals surface area (Å²) < 4.78 is 11.1. The maximum atomic E-state index is 12.4. The zero-order valence-electron chi connectivity index (χ0n) is 14.4. The number of hydrogen-bond acceptors (Lipinski definition) is 6. The monoisotopic (exact) mass is 351 g/mol. The maximum Gasteiger partial charge on any atom is 0.337 e. The molecule has 2 aliphatic rings. The van der Waals surface area contributed by atoms with Crippen LogP contribution in [0.15, 0.2) is 54.0 Å². The molecule has 1 amide bonds. The average molecular weight is 351 g/mol. The van der Waals surface area contributed by atoms with E-state index in [1.165, 1.54) is 0 Å². The van der Waals surface area contributed by atoms with Crippen LogP contribution in [0.3, 0.4) is 0 Å². The molecule has 2 aliphatic heterocycles. The predicted molar refractivity (Wildman–Crippen MR) is 91.2 cm³/mol. The normalized spacial score (nSPS) is 21.1. The second-order valence-electron chi connectivity index (χ2n) is 6.70. The third-order valence-electron chi connectivity index (χ3n) is 4.45. The number of benzene rings is 1. The number of nitrogens with one attached hydrogen (secondary N) is 1. The van der Waals surface area contributed by atoms with Crippen LogP contribution < -0.4 is 10.1 Å². The van der Waals surface area contributed by atoms with Crippen LogP contribution in [0.25, 0.3) is 0 Å². The Balaban J connectivity index is 1.71. The molecule has 7 nitrogen and oxygen atoms in total. The van der Waals surface area contributed by atoms with Crippen LogP contribution in [0.2, 0.25) is 0 Å². The van der Waals surface area contributed by atoms with E-state index in [1.54, 1.807) is 44.4 Å². The summed E-state index contributed by atoms with van der Waals surface area (Å²) in [6, 6.07) is 9.17. The van der Waals surface area contributed by atoms with Gasteiger partial charge in [0.1, 0.15) is 11.4 Å². The standard InChI is InChI=1S/C19H17N3O4/c1-19(2)16-15(17(24)26-19)13(10-14(23)22-16)11-5-3-6-12(9-11)25-18-20-7-4-8-21-18/h3-9,13H,10H2,1-2H3,(H,22,23)/t13-/m1/s1. The van der Waals surface area contributed by atoms with E-state index in [-0.39, 0.29) is 24.3 Å². The molecule has 7 heteroatoms. The smallest absolute Gasteiger partial charge is 0.337 e. The Morgan fingerprint density at radius 2 is 1.96 bits per heavy atom. The molecule has 0 bridgehead atoms. The Kier molecular flexibility index (Phi) is 3.72. The first-order chi connectivity index (χ1) is 12.4. The van der Waals surface area contributed by atoms with Crippen molar-refractivity contribution >= 4 is 11.9 Å². The summed E-state index contributed by atoms with van der Waals surface area (Å²) in [7, 11) is 0. The van der Waals surface area contributed by atoms with Gasteiger partial charge in [0.2, 0.25) is 5.91 Å². The lowest BCUT2D eigenvalue weighted by Gasteiger charge is -2.27. The first kappa shape index (κ1) is 16.3. The van der Waals surface area contributed by atoms with Gasteiger partial charge >= 0.3 is 12.0 Å². The van der Waals surface area contributed by atoms with Crippen molar-refractivity contribution in [2.75, 3.05) is 0 Å². The molecule has 0 unspecified atom stereocenters. The van der Waals surface area contributed by atoms with Gasteiger partial charge in [0.05, 0.1) is 11.3 Å². The van der Waals surface area contributed by atoms with Crippen molar-refractivity contribution in [3.8, 4) is 11.8 Å². The van der Waals surface area contributed by atoms with Crippen molar-refractivity contribution in [3.05, 3.63) is 59.6 Å². The predicted octanol–water partition coefficient (Wildman–Crippen LogP) is 2.46. The quantitative estimate of drug-likeness (QED) is 0.854. The highest BCUT2D eigenvalue weighted by molar-refractivity contribution is 5.99. The minimum Gasteiger partial charge on any atom is -0.450 e. The molecular weight excluding hydrogens is 334 g/mol. The summed E-state index contributed by atoms with van der Waals surface area (Å²) in [5.41, 5.74) is 1.01. The maximum absolute atomic E-state index is 12.4. The van der Waals surface area contributed by atoms with Crippen LogP contribution in [0, 0.1) is 0 Å². The number of amides is 1. The zero-order chi connectivity index (χ0) is 18.3. The van der Waals surface area contributed by atoms with E-state index in [0.29, 0.717) is 17.0 Å². The van der Waals surface area contributed by atoms with Gasteiger partial charge in [-0.1, -0.05) is 12.1 Å². The molecule has 1 aromatic heterocycles. The highest BCUT2D eigenvalue weighted by Gasteiger charge is 2.47. The number of ether oxygens (including phenoxy) is 2. The Morgan fingerprint density at radius 1 is 1.19 bits per heavy atom. The Labute approximate surface area is 150 Å². The molecule has 1 N–H and O–H groups in total. The van der Waals surface area contributed by atoms with Crippen LogP contribution in [0.5, 0.6) is 11.8 Å². The topological polar surface area (TPSA) is 90.4 Å². The van der Waals surface area contributed by atoms with Crippen LogP contribution in [0.1, 0.15) is 31.7 Å². The SMILES string of the molecule is CC1(C)OC(=O)C2=C1NC(=O)C[C@@H]2c1cccc(Oc2ncccn2)c1.